The zero-order valence-corrected chi connectivity index (χ0v) is 14.2. The Hall–Kier alpha value is -1.55. The predicted molar refractivity (Wildman–Crippen MR) is 89.0 cm³/mol. The summed E-state index contributed by atoms with van der Waals surface area (Å²) in [6.45, 7) is 7.54. The van der Waals surface area contributed by atoms with Crippen molar-refractivity contribution in [3.8, 4) is 5.75 Å². The summed E-state index contributed by atoms with van der Waals surface area (Å²) in [6, 6.07) is 11.4. The van der Waals surface area contributed by atoms with Gasteiger partial charge in [-0.15, -0.1) is 0 Å². The van der Waals surface area contributed by atoms with Gasteiger partial charge in [0.15, 0.2) is 0 Å². The Kier molecular flexibility index (Phi) is 4.88. The van der Waals surface area contributed by atoms with E-state index in [2.05, 4.69) is 48.8 Å². The largest absolute Gasteiger partial charge is 0.492 e. The number of ether oxygens (including phenoxy) is 1. The zero-order valence-electron chi connectivity index (χ0n) is 12.6. The molecule has 0 amide bonds. The van der Waals surface area contributed by atoms with Gasteiger partial charge in [-0.2, -0.15) is 0 Å². The molecule has 0 fully saturated rings. The third-order valence-electron chi connectivity index (χ3n) is 3.27. The Morgan fingerprint density at radius 2 is 1.76 bits per heavy atom. The Morgan fingerprint density at radius 1 is 1.10 bits per heavy atom. The van der Waals surface area contributed by atoms with Crippen LogP contribution in [0.25, 0.3) is 0 Å². The highest BCUT2D eigenvalue weighted by molar-refractivity contribution is 9.10. The summed E-state index contributed by atoms with van der Waals surface area (Å²) >= 11 is 3.36. The maximum absolute atomic E-state index is 11.7. The highest BCUT2D eigenvalue weighted by Crippen LogP contribution is 2.24. The molecule has 0 spiro atoms. The van der Waals surface area contributed by atoms with Crippen molar-refractivity contribution in [2.75, 3.05) is 6.61 Å². The maximum atomic E-state index is 11.7. The molecule has 2 aromatic rings. The Bertz CT molecular complexity index is 654. The lowest BCUT2D eigenvalue weighted by Crippen LogP contribution is -2.21. The minimum absolute atomic E-state index is 0.0233. The highest BCUT2D eigenvalue weighted by Gasteiger charge is 2.12. The number of hydrogen-bond acceptors (Lipinski definition) is 2. The van der Waals surface area contributed by atoms with E-state index in [0.717, 1.165) is 10.2 Å². The molecule has 0 unspecified atom stereocenters. The molecule has 1 aromatic carbocycles. The summed E-state index contributed by atoms with van der Waals surface area (Å²) in [7, 11) is 0. The molecule has 0 aliphatic heterocycles. The normalized spacial score (nSPS) is 11.4. The van der Waals surface area contributed by atoms with Crippen LogP contribution in [0.2, 0.25) is 0 Å². The molecule has 2 rings (SSSR count). The van der Waals surface area contributed by atoms with E-state index in [1.54, 1.807) is 22.9 Å². The zero-order chi connectivity index (χ0) is 15.5. The van der Waals surface area contributed by atoms with Crippen LogP contribution >= 0.6 is 15.9 Å². The van der Waals surface area contributed by atoms with Crippen molar-refractivity contribution in [1.29, 1.82) is 0 Å². The lowest BCUT2D eigenvalue weighted by molar-refractivity contribution is 0.296. The van der Waals surface area contributed by atoms with Gasteiger partial charge in [0, 0.05) is 16.7 Å². The van der Waals surface area contributed by atoms with Gasteiger partial charge in [0.05, 0.1) is 6.54 Å². The van der Waals surface area contributed by atoms with Crippen LogP contribution in [-0.4, -0.2) is 11.2 Å². The first kappa shape index (κ1) is 15.8. The Balaban J connectivity index is 1.95. The Morgan fingerprint density at radius 3 is 2.38 bits per heavy atom. The van der Waals surface area contributed by atoms with Gasteiger partial charge in [0.25, 0.3) is 5.56 Å². The maximum Gasteiger partial charge on any atom is 0.250 e. The van der Waals surface area contributed by atoms with Crippen LogP contribution in [0.4, 0.5) is 0 Å². The molecule has 0 saturated carbocycles. The summed E-state index contributed by atoms with van der Waals surface area (Å²) in [6.07, 6.45) is 1.77. The van der Waals surface area contributed by atoms with Crippen molar-refractivity contribution < 1.29 is 4.74 Å². The average Bonchev–Trinajstić information content (AvgIpc) is 2.42. The van der Waals surface area contributed by atoms with Gasteiger partial charge in [-0.1, -0.05) is 32.9 Å². The molecule has 0 atom stereocenters. The number of halogens is 1. The molecule has 3 nitrogen and oxygen atoms in total. The first-order valence-corrected chi connectivity index (χ1v) is 7.75. The quantitative estimate of drug-likeness (QED) is 0.835. The summed E-state index contributed by atoms with van der Waals surface area (Å²) in [4.78, 5) is 11.7. The third-order valence-corrected chi connectivity index (χ3v) is 3.74. The molecule has 0 aliphatic carbocycles. The fourth-order valence-corrected chi connectivity index (χ4v) is 2.37. The predicted octanol–water partition coefficient (Wildman–Crippen LogP) is 3.99. The van der Waals surface area contributed by atoms with E-state index in [4.69, 9.17) is 4.74 Å². The lowest BCUT2D eigenvalue weighted by atomic mass is 9.87. The molecule has 1 aromatic heterocycles. The van der Waals surface area contributed by atoms with Crippen LogP contribution in [0.3, 0.4) is 0 Å². The van der Waals surface area contributed by atoms with E-state index in [0.29, 0.717) is 13.2 Å². The number of rotatable bonds is 4. The van der Waals surface area contributed by atoms with Crippen molar-refractivity contribution >= 4 is 15.9 Å². The molecule has 1 heterocycles. The SMILES string of the molecule is CC(C)(C)c1ccc(OCCn2cc(Br)ccc2=O)cc1. The molecule has 0 radical (unpaired) electrons. The smallest absolute Gasteiger partial charge is 0.250 e. The van der Waals surface area contributed by atoms with Gasteiger partial charge in [-0.05, 0) is 45.1 Å². The van der Waals surface area contributed by atoms with Crippen molar-refractivity contribution in [2.45, 2.75) is 32.7 Å². The van der Waals surface area contributed by atoms with Gasteiger partial charge in [-0.3, -0.25) is 4.79 Å². The molecule has 0 aliphatic rings. The summed E-state index contributed by atoms with van der Waals surface area (Å²) in [5.41, 5.74) is 1.39. The van der Waals surface area contributed by atoms with Crippen molar-refractivity contribution in [1.82, 2.24) is 4.57 Å². The summed E-state index contributed by atoms with van der Waals surface area (Å²) in [5, 5.41) is 0. The van der Waals surface area contributed by atoms with Crippen molar-refractivity contribution in [3.05, 3.63) is 63.0 Å². The fraction of sp³-hybridized carbons (Fsp3) is 0.353. The van der Waals surface area contributed by atoms with Crippen LogP contribution in [0.1, 0.15) is 26.3 Å². The molecule has 0 saturated heterocycles. The Labute approximate surface area is 133 Å². The van der Waals surface area contributed by atoms with Gasteiger partial charge in [0.2, 0.25) is 0 Å². The second-order valence-electron chi connectivity index (χ2n) is 6.00. The number of nitrogens with zero attached hydrogens (tertiary/aromatic N) is 1. The van der Waals surface area contributed by atoms with Gasteiger partial charge in [0.1, 0.15) is 12.4 Å². The summed E-state index contributed by atoms with van der Waals surface area (Å²) in [5.74, 6) is 0.825. The number of pyridine rings is 1. The molecule has 4 heteroatoms. The second-order valence-corrected chi connectivity index (χ2v) is 6.92. The minimum Gasteiger partial charge on any atom is -0.492 e. The first-order chi connectivity index (χ1) is 9.86. The second kappa shape index (κ2) is 6.48. The average molecular weight is 350 g/mol. The van der Waals surface area contributed by atoms with Crippen molar-refractivity contribution in [2.24, 2.45) is 0 Å². The van der Waals surface area contributed by atoms with Crippen molar-refractivity contribution in [3.63, 3.8) is 0 Å². The molecule has 112 valence electrons. The first-order valence-electron chi connectivity index (χ1n) is 6.95. The van der Waals surface area contributed by atoms with E-state index in [1.165, 1.54) is 5.56 Å². The topological polar surface area (TPSA) is 31.2 Å². The lowest BCUT2D eigenvalue weighted by Gasteiger charge is -2.19. The van der Waals surface area contributed by atoms with Crippen LogP contribution in [-0.2, 0) is 12.0 Å². The van der Waals surface area contributed by atoms with Crippen LogP contribution in [0.15, 0.2) is 51.9 Å². The summed E-state index contributed by atoms with van der Waals surface area (Å²) < 4.78 is 8.22. The van der Waals surface area contributed by atoms with E-state index in [1.807, 2.05) is 12.1 Å². The number of hydrogen-bond donors (Lipinski definition) is 0. The standard InChI is InChI=1S/C17H20BrNO2/c1-17(2,3)13-4-7-15(8-5-13)21-11-10-19-12-14(18)6-9-16(19)20/h4-9,12H,10-11H2,1-3H3. The molecular weight excluding hydrogens is 330 g/mol. The molecule has 21 heavy (non-hydrogen) atoms. The van der Waals surface area contributed by atoms with Crippen LogP contribution in [0, 0.1) is 0 Å². The van der Waals surface area contributed by atoms with Gasteiger partial charge < -0.3 is 9.30 Å². The van der Waals surface area contributed by atoms with E-state index >= 15 is 0 Å². The van der Waals surface area contributed by atoms with Crippen LogP contribution in [0.5, 0.6) is 5.75 Å². The van der Waals surface area contributed by atoms with E-state index in [-0.39, 0.29) is 11.0 Å². The fourth-order valence-electron chi connectivity index (χ4n) is 1.99. The molecule has 0 bridgehead atoms. The minimum atomic E-state index is -0.0233. The highest BCUT2D eigenvalue weighted by atomic mass is 79.9. The number of benzene rings is 1. The monoisotopic (exact) mass is 349 g/mol. The molecular formula is C17H20BrNO2. The van der Waals surface area contributed by atoms with E-state index < -0.39 is 0 Å². The van der Waals surface area contributed by atoms with Crippen LogP contribution < -0.4 is 10.3 Å². The van der Waals surface area contributed by atoms with E-state index in [9.17, 15) is 4.79 Å². The molecule has 0 N–H and O–H groups in total. The number of aromatic nitrogens is 1. The van der Waals surface area contributed by atoms with Gasteiger partial charge in [-0.25, -0.2) is 0 Å². The van der Waals surface area contributed by atoms with Gasteiger partial charge >= 0.3 is 0 Å². The third kappa shape index (κ3) is 4.46.